The summed E-state index contributed by atoms with van der Waals surface area (Å²) >= 11 is 0. The van der Waals surface area contributed by atoms with Gasteiger partial charge >= 0.3 is 0 Å². The molecule has 0 aliphatic carbocycles. The highest BCUT2D eigenvalue weighted by Crippen LogP contribution is 2.21. The van der Waals surface area contributed by atoms with Crippen LogP contribution in [0.4, 0.5) is 0 Å². The molecule has 12 heavy (non-hydrogen) atoms. The quantitative estimate of drug-likeness (QED) is 0.572. The number of carbonyl (C=O) groups is 1. The van der Waals surface area contributed by atoms with Crippen molar-refractivity contribution >= 4 is 5.91 Å². The Bertz CT molecular complexity index is 299. The largest absolute Gasteiger partial charge is 0.508 e. The predicted octanol–water partition coefficient (Wildman–Crippen LogP) is -0.123. The number of hydrogen-bond donors (Lipinski definition) is 3. The Labute approximate surface area is 69.8 Å². The fourth-order valence-electron chi connectivity index (χ4n) is 0.904. The molecule has 64 valence electrons. The fraction of sp³-hybridized carbons (Fsp3) is 0.125. The number of amides is 1. The van der Waals surface area contributed by atoms with E-state index in [9.17, 15) is 9.90 Å². The van der Waals surface area contributed by atoms with E-state index in [0.717, 1.165) is 0 Å². The summed E-state index contributed by atoms with van der Waals surface area (Å²) in [5.74, 6) is -0.666. The van der Waals surface area contributed by atoms with Crippen LogP contribution in [0.3, 0.4) is 0 Å². The molecule has 1 aromatic rings. The molecule has 0 saturated carbocycles. The first-order valence-electron chi connectivity index (χ1n) is 3.45. The Hall–Kier alpha value is -1.55. The number of aromatic hydroxyl groups is 1. The molecule has 4 nitrogen and oxygen atoms in total. The maximum absolute atomic E-state index is 10.6. The molecule has 0 aliphatic rings. The average Bonchev–Trinajstić information content (AvgIpc) is 2.04. The number of phenolic OH excluding ortho intramolecular Hbond substituents is 1. The monoisotopic (exact) mass is 166 g/mol. The summed E-state index contributed by atoms with van der Waals surface area (Å²) < 4.78 is 0. The lowest BCUT2D eigenvalue weighted by molar-refractivity contribution is -0.119. The summed E-state index contributed by atoms with van der Waals surface area (Å²) in [6.07, 6.45) is 0. The zero-order valence-corrected chi connectivity index (χ0v) is 6.40. The van der Waals surface area contributed by atoms with Crippen LogP contribution in [0.1, 0.15) is 11.6 Å². The Balaban J connectivity index is 3.02. The summed E-state index contributed by atoms with van der Waals surface area (Å²) in [6, 6.07) is 5.40. The molecule has 1 atom stereocenters. The van der Waals surface area contributed by atoms with Gasteiger partial charge in [0.15, 0.2) is 0 Å². The molecule has 1 amide bonds. The van der Waals surface area contributed by atoms with Crippen LogP contribution < -0.4 is 11.5 Å². The van der Waals surface area contributed by atoms with Gasteiger partial charge in [0.1, 0.15) is 11.8 Å². The minimum Gasteiger partial charge on any atom is -0.508 e. The topological polar surface area (TPSA) is 89.3 Å². The van der Waals surface area contributed by atoms with Crippen molar-refractivity contribution in [3.8, 4) is 5.75 Å². The van der Waals surface area contributed by atoms with Crippen molar-refractivity contribution < 1.29 is 9.90 Å². The lowest BCUT2D eigenvalue weighted by Gasteiger charge is -2.08. The van der Waals surface area contributed by atoms with Gasteiger partial charge in [0.05, 0.1) is 0 Å². The lowest BCUT2D eigenvalue weighted by Crippen LogP contribution is -2.28. The summed E-state index contributed by atoms with van der Waals surface area (Å²) in [5.41, 5.74) is 10.7. The van der Waals surface area contributed by atoms with E-state index < -0.39 is 11.9 Å². The second-order valence-electron chi connectivity index (χ2n) is 2.44. The molecule has 1 rings (SSSR count). The molecule has 0 spiro atoms. The number of phenols is 1. The minimum atomic E-state index is -0.939. The molecular formula is C8H10N2O2. The summed E-state index contributed by atoms with van der Waals surface area (Å²) in [5, 5.41) is 9.24. The second kappa shape index (κ2) is 3.23. The number of rotatable bonds is 2. The number of hydrogen-bond acceptors (Lipinski definition) is 3. The first-order valence-corrected chi connectivity index (χ1v) is 3.45. The molecule has 0 saturated heterocycles. The standard InChI is InChI=1S/C8H10N2O2/c9-7(8(10)12)5-3-1-2-4-6(5)11/h1-4,7,11H,9H2,(H2,10,12)/t7-/m1/s1. The fourth-order valence-corrected chi connectivity index (χ4v) is 0.904. The van der Waals surface area contributed by atoms with Crippen molar-refractivity contribution in [3.05, 3.63) is 29.8 Å². The Morgan fingerprint density at radius 2 is 2.00 bits per heavy atom. The number of benzene rings is 1. The zero-order chi connectivity index (χ0) is 9.14. The van der Waals surface area contributed by atoms with Crippen molar-refractivity contribution in [2.45, 2.75) is 6.04 Å². The van der Waals surface area contributed by atoms with Gasteiger partial charge in [-0.1, -0.05) is 18.2 Å². The van der Waals surface area contributed by atoms with E-state index >= 15 is 0 Å². The van der Waals surface area contributed by atoms with E-state index in [1.165, 1.54) is 6.07 Å². The molecule has 0 bridgehead atoms. The van der Waals surface area contributed by atoms with Crippen LogP contribution in [-0.2, 0) is 4.79 Å². The third kappa shape index (κ3) is 1.54. The van der Waals surface area contributed by atoms with Crippen LogP contribution in [0.15, 0.2) is 24.3 Å². The normalized spacial score (nSPS) is 12.4. The van der Waals surface area contributed by atoms with E-state index in [2.05, 4.69) is 0 Å². The average molecular weight is 166 g/mol. The van der Waals surface area contributed by atoms with Gasteiger partial charge in [-0.3, -0.25) is 4.79 Å². The van der Waals surface area contributed by atoms with Crippen molar-refractivity contribution in [3.63, 3.8) is 0 Å². The summed E-state index contributed by atoms with van der Waals surface area (Å²) in [4.78, 5) is 10.6. The van der Waals surface area contributed by atoms with Gasteiger partial charge in [0, 0.05) is 5.56 Å². The highest BCUT2D eigenvalue weighted by Gasteiger charge is 2.14. The Morgan fingerprint density at radius 3 is 2.50 bits per heavy atom. The molecule has 5 N–H and O–H groups in total. The number of nitrogens with two attached hydrogens (primary N) is 2. The van der Waals surface area contributed by atoms with Crippen LogP contribution in [0.25, 0.3) is 0 Å². The minimum absolute atomic E-state index is 0.0104. The van der Waals surface area contributed by atoms with Crippen LogP contribution in [0.5, 0.6) is 5.75 Å². The maximum Gasteiger partial charge on any atom is 0.239 e. The zero-order valence-electron chi connectivity index (χ0n) is 6.40. The lowest BCUT2D eigenvalue weighted by atomic mass is 10.1. The maximum atomic E-state index is 10.6. The summed E-state index contributed by atoms with van der Waals surface area (Å²) in [6.45, 7) is 0. The van der Waals surface area contributed by atoms with Gasteiger partial charge in [0.25, 0.3) is 0 Å². The van der Waals surface area contributed by atoms with Gasteiger partial charge in [-0.15, -0.1) is 0 Å². The van der Waals surface area contributed by atoms with E-state index in [0.29, 0.717) is 5.56 Å². The molecule has 0 aliphatic heterocycles. The van der Waals surface area contributed by atoms with Gasteiger partial charge in [-0.05, 0) is 6.07 Å². The predicted molar refractivity (Wildman–Crippen MR) is 44.2 cm³/mol. The highest BCUT2D eigenvalue weighted by molar-refractivity contribution is 5.81. The smallest absolute Gasteiger partial charge is 0.239 e. The number of primary amides is 1. The Morgan fingerprint density at radius 1 is 1.42 bits per heavy atom. The van der Waals surface area contributed by atoms with E-state index in [-0.39, 0.29) is 5.75 Å². The summed E-state index contributed by atoms with van der Waals surface area (Å²) in [7, 11) is 0. The number of carbonyl (C=O) groups excluding carboxylic acids is 1. The van der Waals surface area contributed by atoms with E-state index in [4.69, 9.17) is 11.5 Å². The molecular weight excluding hydrogens is 156 g/mol. The molecule has 0 unspecified atom stereocenters. The SMILES string of the molecule is NC(=O)[C@H](N)c1ccccc1O. The van der Waals surface area contributed by atoms with Gasteiger partial charge in [0.2, 0.25) is 5.91 Å². The van der Waals surface area contributed by atoms with Gasteiger partial charge < -0.3 is 16.6 Å². The molecule has 0 fully saturated rings. The molecule has 0 aromatic heterocycles. The highest BCUT2D eigenvalue weighted by atomic mass is 16.3. The van der Waals surface area contributed by atoms with Gasteiger partial charge in [-0.25, -0.2) is 0 Å². The second-order valence-corrected chi connectivity index (χ2v) is 2.44. The molecule has 4 heteroatoms. The van der Waals surface area contributed by atoms with Crippen LogP contribution in [0, 0.1) is 0 Å². The van der Waals surface area contributed by atoms with E-state index in [1.807, 2.05) is 0 Å². The van der Waals surface area contributed by atoms with Gasteiger partial charge in [-0.2, -0.15) is 0 Å². The number of para-hydroxylation sites is 1. The van der Waals surface area contributed by atoms with Crippen LogP contribution >= 0.6 is 0 Å². The van der Waals surface area contributed by atoms with Crippen molar-refractivity contribution in [1.29, 1.82) is 0 Å². The first-order chi connectivity index (χ1) is 5.63. The first kappa shape index (κ1) is 8.55. The molecule has 0 heterocycles. The molecule has 0 radical (unpaired) electrons. The van der Waals surface area contributed by atoms with Crippen molar-refractivity contribution in [1.82, 2.24) is 0 Å². The van der Waals surface area contributed by atoms with Crippen LogP contribution in [0.2, 0.25) is 0 Å². The van der Waals surface area contributed by atoms with Crippen LogP contribution in [-0.4, -0.2) is 11.0 Å². The van der Waals surface area contributed by atoms with Crippen molar-refractivity contribution in [2.24, 2.45) is 11.5 Å². The van der Waals surface area contributed by atoms with E-state index in [1.54, 1.807) is 18.2 Å². The van der Waals surface area contributed by atoms with Crippen molar-refractivity contribution in [2.75, 3.05) is 0 Å². The third-order valence-corrected chi connectivity index (χ3v) is 1.58. The Kier molecular flexibility index (Phi) is 2.30. The third-order valence-electron chi connectivity index (χ3n) is 1.58. The molecule has 1 aromatic carbocycles.